The van der Waals surface area contributed by atoms with Crippen LogP contribution in [0, 0.1) is 6.92 Å². The zero-order valence-electron chi connectivity index (χ0n) is 16.9. The molecule has 0 unspecified atom stereocenters. The molecule has 0 amide bonds. The molecule has 2 N–H and O–H groups in total. The zero-order chi connectivity index (χ0) is 19.2. The minimum absolute atomic E-state index is 0.580. The minimum Gasteiger partial charge on any atom is -0.327 e. The fourth-order valence-electron chi connectivity index (χ4n) is 4.10. The second-order valence-electron chi connectivity index (χ2n) is 7.91. The Bertz CT molecular complexity index is 1090. The molecule has 2 aromatic rings. The van der Waals surface area contributed by atoms with E-state index in [0.717, 1.165) is 11.9 Å². The van der Waals surface area contributed by atoms with Gasteiger partial charge in [0.15, 0.2) is 0 Å². The molecule has 2 heteroatoms. The molecule has 2 radical (unpaired) electrons. The molecule has 0 spiro atoms. The van der Waals surface area contributed by atoms with Crippen molar-refractivity contribution in [3.8, 4) is 0 Å². The summed E-state index contributed by atoms with van der Waals surface area (Å²) in [6.45, 7) is 13.4. The Hall–Kier alpha value is -2.06. The fourth-order valence-corrected chi connectivity index (χ4v) is 4.10. The minimum atomic E-state index is 0.580. The molecule has 0 bridgehead atoms. The molecule has 0 atom stereocenters. The summed E-state index contributed by atoms with van der Waals surface area (Å²) < 4.78 is 0. The van der Waals surface area contributed by atoms with Crippen molar-refractivity contribution in [1.29, 1.82) is 0 Å². The van der Waals surface area contributed by atoms with E-state index in [1.807, 2.05) is 6.92 Å². The van der Waals surface area contributed by atoms with Crippen LogP contribution in [-0.2, 0) is 6.42 Å². The molecule has 1 nitrogen and oxygen atoms in total. The molecule has 0 saturated heterocycles. The van der Waals surface area contributed by atoms with Gasteiger partial charge in [-0.05, 0) is 96.6 Å². The maximum atomic E-state index is 6.09. The van der Waals surface area contributed by atoms with Gasteiger partial charge in [-0.2, -0.15) is 0 Å². The van der Waals surface area contributed by atoms with E-state index in [1.54, 1.807) is 0 Å². The van der Waals surface area contributed by atoms with Crippen LogP contribution in [0.1, 0.15) is 56.9 Å². The Morgan fingerprint density at radius 3 is 2.31 bits per heavy atom. The van der Waals surface area contributed by atoms with Crippen LogP contribution in [-0.4, -0.2) is 14.4 Å². The smallest absolute Gasteiger partial charge is 0.107 e. The van der Waals surface area contributed by atoms with E-state index in [0.29, 0.717) is 6.54 Å². The van der Waals surface area contributed by atoms with Crippen LogP contribution in [0.4, 0.5) is 0 Å². The van der Waals surface area contributed by atoms with Crippen molar-refractivity contribution in [3.05, 3.63) is 55.9 Å². The number of nitrogens with two attached hydrogens (primary N) is 1. The molecule has 2 aromatic carbocycles. The normalized spacial score (nSPS) is 15.2. The SMILES string of the molecule is [B]/C(C)=C/c1c(C)c(=C(C)C)cc2c3c(/c(=C(/C)CN)cc12)CC(C)=C3. The highest BCUT2D eigenvalue weighted by atomic mass is 14.5. The Morgan fingerprint density at radius 1 is 1.08 bits per heavy atom. The number of allylic oxidation sites excluding steroid dienone is 2. The lowest BCUT2D eigenvalue weighted by Gasteiger charge is -2.15. The molecule has 0 heterocycles. The topological polar surface area (TPSA) is 26.0 Å². The Morgan fingerprint density at radius 2 is 1.73 bits per heavy atom. The quantitative estimate of drug-likeness (QED) is 0.822. The van der Waals surface area contributed by atoms with Crippen LogP contribution in [0.25, 0.3) is 34.1 Å². The summed E-state index contributed by atoms with van der Waals surface area (Å²) >= 11 is 0. The van der Waals surface area contributed by atoms with Gasteiger partial charge in [0.25, 0.3) is 0 Å². The van der Waals surface area contributed by atoms with Gasteiger partial charge in [0.2, 0.25) is 0 Å². The monoisotopic (exact) mass is 341 g/mol. The van der Waals surface area contributed by atoms with Crippen molar-refractivity contribution in [2.24, 2.45) is 5.73 Å². The van der Waals surface area contributed by atoms with Gasteiger partial charge in [-0.15, -0.1) is 5.47 Å². The maximum Gasteiger partial charge on any atom is 0.107 e. The van der Waals surface area contributed by atoms with E-state index >= 15 is 0 Å². The van der Waals surface area contributed by atoms with E-state index in [9.17, 15) is 0 Å². The van der Waals surface area contributed by atoms with E-state index in [-0.39, 0.29) is 0 Å². The van der Waals surface area contributed by atoms with Crippen LogP contribution in [0.2, 0.25) is 0 Å². The molecule has 0 aromatic heterocycles. The van der Waals surface area contributed by atoms with E-state index < -0.39 is 0 Å². The van der Waals surface area contributed by atoms with Gasteiger partial charge in [0, 0.05) is 6.54 Å². The van der Waals surface area contributed by atoms with Gasteiger partial charge < -0.3 is 5.73 Å². The van der Waals surface area contributed by atoms with Gasteiger partial charge >= 0.3 is 0 Å². The first-order valence-electron chi connectivity index (χ1n) is 9.32. The summed E-state index contributed by atoms with van der Waals surface area (Å²) in [6, 6.07) is 4.69. The molecule has 132 valence electrons. The molecule has 26 heavy (non-hydrogen) atoms. The number of benzene rings is 2. The van der Waals surface area contributed by atoms with E-state index in [4.69, 9.17) is 13.6 Å². The van der Waals surface area contributed by atoms with Crippen LogP contribution < -0.4 is 16.2 Å². The summed E-state index contributed by atoms with van der Waals surface area (Å²) in [5.41, 5.74) is 16.1. The second kappa shape index (κ2) is 6.93. The number of fused-ring (bicyclic) bond motifs is 3. The summed E-state index contributed by atoms with van der Waals surface area (Å²) in [6.07, 6.45) is 5.47. The second-order valence-corrected chi connectivity index (χ2v) is 7.91. The lowest BCUT2D eigenvalue weighted by atomic mass is 9.87. The first kappa shape index (κ1) is 18.7. The molecule has 1 aliphatic rings. The average Bonchev–Trinajstić information content (AvgIpc) is 2.96. The van der Waals surface area contributed by atoms with Crippen molar-refractivity contribution in [2.45, 2.75) is 48.0 Å². The predicted octanol–water partition coefficient (Wildman–Crippen LogP) is 3.96. The molecule has 0 aliphatic heterocycles. The maximum absolute atomic E-state index is 6.09. The first-order chi connectivity index (χ1) is 12.2. The highest BCUT2D eigenvalue weighted by Gasteiger charge is 2.18. The van der Waals surface area contributed by atoms with Gasteiger partial charge in [0.1, 0.15) is 7.85 Å². The molecule has 0 fully saturated rings. The molecule has 1 aliphatic carbocycles. The highest BCUT2D eigenvalue weighted by Crippen LogP contribution is 2.32. The number of hydrogen-bond acceptors (Lipinski definition) is 1. The van der Waals surface area contributed by atoms with Gasteiger partial charge in [-0.3, -0.25) is 0 Å². The lowest BCUT2D eigenvalue weighted by Crippen LogP contribution is -2.19. The van der Waals surface area contributed by atoms with Crippen LogP contribution in [0.3, 0.4) is 0 Å². The predicted molar refractivity (Wildman–Crippen MR) is 118 cm³/mol. The van der Waals surface area contributed by atoms with Crippen molar-refractivity contribution in [2.75, 3.05) is 6.54 Å². The van der Waals surface area contributed by atoms with E-state index in [1.165, 1.54) is 60.2 Å². The van der Waals surface area contributed by atoms with Crippen molar-refractivity contribution in [3.63, 3.8) is 0 Å². The van der Waals surface area contributed by atoms with Crippen LogP contribution in [0.5, 0.6) is 0 Å². The molecular formula is C24H28BN. The molecular weight excluding hydrogens is 313 g/mol. The van der Waals surface area contributed by atoms with Crippen LogP contribution >= 0.6 is 0 Å². The number of hydrogen-bond donors (Lipinski definition) is 1. The largest absolute Gasteiger partial charge is 0.327 e. The zero-order valence-corrected chi connectivity index (χ0v) is 16.9. The average molecular weight is 341 g/mol. The Balaban J connectivity index is 2.66. The first-order valence-corrected chi connectivity index (χ1v) is 9.32. The van der Waals surface area contributed by atoms with Crippen molar-refractivity contribution in [1.82, 2.24) is 0 Å². The fraction of sp³-hybridized carbons (Fsp3) is 0.333. The Labute approximate surface area is 158 Å². The summed E-state index contributed by atoms with van der Waals surface area (Å²) in [7, 11) is 6.09. The summed E-state index contributed by atoms with van der Waals surface area (Å²) in [5.74, 6) is 0. The standard InChI is InChI=1S/C24H28BN/c1-13(2)18-10-24-22-8-14(3)7-21(22)19(15(4)12-26)11-23(24)20(17(18)6)9-16(5)25/h8-11H,7,12,26H2,1-6H3/b16-9+,19-15-. The van der Waals surface area contributed by atoms with Gasteiger partial charge in [-0.1, -0.05) is 35.8 Å². The molecule has 3 rings (SSSR count). The third-order valence-electron chi connectivity index (χ3n) is 5.43. The van der Waals surface area contributed by atoms with Crippen molar-refractivity contribution >= 4 is 41.9 Å². The van der Waals surface area contributed by atoms with Gasteiger partial charge in [0.05, 0.1) is 0 Å². The third kappa shape index (κ3) is 3.08. The number of rotatable bonds is 2. The van der Waals surface area contributed by atoms with Crippen LogP contribution in [0.15, 0.2) is 23.2 Å². The van der Waals surface area contributed by atoms with Crippen molar-refractivity contribution < 1.29 is 0 Å². The van der Waals surface area contributed by atoms with E-state index in [2.05, 4.69) is 58.9 Å². The van der Waals surface area contributed by atoms with Gasteiger partial charge in [-0.25, -0.2) is 0 Å². The highest BCUT2D eigenvalue weighted by molar-refractivity contribution is 6.24. The third-order valence-corrected chi connectivity index (χ3v) is 5.43. The molecule has 0 saturated carbocycles. The summed E-state index contributed by atoms with van der Waals surface area (Å²) in [4.78, 5) is 0. The lowest BCUT2D eigenvalue weighted by molar-refractivity contribution is 1.16. The Kier molecular flexibility index (Phi) is 4.99. The summed E-state index contributed by atoms with van der Waals surface area (Å²) in [5, 5.41) is 5.21.